The largest absolute Gasteiger partial charge is 0.481 e. The number of rotatable bonds is 4. The van der Waals surface area contributed by atoms with Crippen molar-refractivity contribution in [2.24, 2.45) is 5.92 Å². The molecule has 0 bridgehead atoms. The molecule has 2 atom stereocenters. The lowest BCUT2D eigenvalue weighted by Gasteiger charge is -2.22. The fraction of sp³-hybridized carbons (Fsp3) is 0.571. The molecule has 1 aliphatic rings. The summed E-state index contributed by atoms with van der Waals surface area (Å²) in [4.78, 5) is 23.1. The number of amides is 2. The topological polar surface area (TPSA) is 91.6 Å². The van der Waals surface area contributed by atoms with E-state index in [1.165, 1.54) is 0 Å². The van der Waals surface area contributed by atoms with E-state index < -0.39 is 11.9 Å². The fourth-order valence-electron chi connectivity index (χ4n) is 2.57. The van der Waals surface area contributed by atoms with Gasteiger partial charge in [-0.05, 0) is 18.9 Å². The van der Waals surface area contributed by atoms with Crippen LogP contribution in [0.2, 0.25) is 0 Å². The van der Waals surface area contributed by atoms with E-state index in [4.69, 9.17) is 4.42 Å². The van der Waals surface area contributed by atoms with Crippen molar-refractivity contribution in [1.82, 2.24) is 10.6 Å². The average molecular weight is 280 g/mol. The Morgan fingerprint density at radius 2 is 2.10 bits per heavy atom. The van der Waals surface area contributed by atoms with Gasteiger partial charge in [-0.15, -0.1) is 0 Å². The van der Waals surface area contributed by atoms with Crippen LogP contribution in [-0.2, 0) is 11.3 Å². The first kappa shape index (κ1) is 14.4. The Labute approximate surface area is 117 Å². The van der Waals surface area contributed by atoms with Gasteiger partial charge in [0.25, 0.3) is 0 Å². The highest BCUT2D eigenvalue weighted by atomic mass is 16.4. The van der Waals surface area contributed by atoms with Gasteiger partial charge in [0.05, 0.1) is 18.4 Å². The molecule has 0 radical (unpaired) electrons. The first-order valence-electron chi connectivity index (χ1n) is 6.95. The molecule has 2 rings (SSSR count). The number of hydrogen-bond donors (Lipinski definition) is 3. The second kappa shape index (κ2) is 6.98. The van der Waals surface area contributed by atoms with Gasteiger partial charge in [-0.1, -0.05) is 19.3 Å². The third-order valence-corrected chi connectivity index (χ3v) is 3.68. The van der Waals surface area contributed by atoms with Crippen molar-refractivity contribution in [2.45, 2.75) is 44.7 Å². The molecule has 1 aromatic rings. The Kier molecular flexibility index (Phi) is 5.03. The smallest absolute Gasteiger partial charge is 0.315 e. The van der Waals surface area contributed by atoms with Gasteiger partial charge >= 0.3 is 12.0 Å². The minimum atomic E-state index is -0.827. The zero-order chi connectivity index (χ0) is 14.4. The van der Waals surface area contributed by atoms with Crippen LogP contribution in [0, 0.1) is 5.92 Å². The van der Waals surface area contributed by atoms with Crippen molar-refractivity contribution in [3.63, 3.8) is 0 Å². The summed E-state index contributed by atoms with van der Waals surface area (Å²) in [6.07, 6.45) is 7.34. The molecule has 6 heteroatoms. The molecule has 6 nitrogen and oxygen atoms in total. The minimum Gasteiger partial charge on any atom is -0.481 e. The van der Waals surface area contributed by atoms with Gasteiger partial charge in [-0.3, -0.25) is 4.79 Å². The number of furan rings is 1. The molecule has 110 valence electrons. The number of carbonyl (C=O) groups excluding carboxylic acids is 1. The Balaban J connectivity index is 1.85. The summed E-state index contributed by atoms with van der Waals surface area (Å²) in [6, 6.07) is 1.15. The molecule has 2 amide bonds. The molecule has 0 aliphatic heterocycles. The zero-order valence-corrected chi connectivity index (χ0v) is 11.3. The van der Waals surface area contributed by atoms with Gasteiger partial charge in [0, 0.05) is 18.2 Å². The van der Waals surface area contributed by atoms with Gasteiger partial charge < -0.3 is 20.2 Å². The van der Waals surface area contributed by atoms with Crippen molar-refractivity contribution in [2.75, 3.05) is 0 Å². The van der Waals surface area contributed by atoms with Crippen LogP contribution in [0.25, 0.3) is 0 Å². The quantitative estimate of drug-likeness (QED) is 0.737. The summed E-state index contributed by atoms with van der Waals surface area (Å²) in [5.74, 6) is -1.32. The van der Waals surface area contributed by atoms with Crippen LogP contribution in [0.5, 0.6) is 0 Å². The lowest BCUT2D eigenvalue weighted by atomic mass is 9.95. The van der Waals surface area contributed by atoms with E-state index in [9.17, 15) is 14.7 Å². The lowest BCUT2D eigenvalue weighted by Crippen LogP contribution is -2.47. The van der Waals surface area contributed by atoms with Crippen LogP contribution >= 0.6 is 0 Å². The first-order chi connectivity index (χ1) is 9.66. The van der Waals surface area contributed by atoms with Crippen molar-refractivity contribution < 1.29 is 19.1 Å². The highest BCUT2D eigenvalue weighted by Gasteiger charge is 2.30. The van der Waals surface area contributed by atoms with Gasteiger partial charge in [0.1, 0.15) is 0 Å². The molecule has 1 fully saturated rings. The monoisotopic (exact) mass is 280 g/mol. The molecule has 0 saturated heterocycles. The van der Waals surface area contributed by atoms with E-state index in [2.05, 4.69) is 10.6 Å². The highest BCUT2D eigenvalue weighted by Crippen LogP contribution is 2.23. The molecule has 1 aromatic heterocycles. The Morgan fingerprint density at radius 1 is 1.30 bits per heavy atom. The SMILES string of the molecule is O=C(NCc1ccoc1)NC1CCCCCC1C(=O)O. The van der Waals surface area contributed by atoms with Gasteiger partial charge in [-0.2, -0.15) is 0 Å². The molecule has 1 aliphatic carbocycles. The molecule has 20 heavy (non-hydrogen) atoms. The summed E-state index contributed by atoms with van der Waals surface area (Å²) in [6.45, 7) is 0.368. The number of carboxylic acid groups (broad SMARTS) is 1. The van der Waals surface area contributed by atoms with E-state index in [0.29, 0.717) is 13.0 Å². The van der Waals surface area contributed by atoms with E-state index in [1.807, 2.05) is 0 Å². The molecule has 1 saturated carbocycles. The van der Waals surface area contributed by atoms with E-state index in [-0.39, 0.29) is 12.1 Å². The molecular formula is C14H20N2O4. The van der Waals surface area contributed by atoms with Crippen LogP contribution in [0.15, 0.2) is 23.0 Å². The van der Waals surface area contributed by atoms with Crippen molar-refractivity contribution in [3.05, 3.63) is 24.2 Å². The minimum absolute atomic E-state index is 0.292. The Morgan fingerprint density at radius 3 is 2.80 bits per heavy atom. The number of carboxylic acids is 1. The van der Waals surface area contributed by atoms with Crippen molar-refractivity contribution in [3.8, 4) is 0 Å². The van der Waals surface area contributed by atoms with E-state index >= 15 is 0 Å². The summed E-state index contributed by atoms with van der Waals surface area (Å²) >= 11 is 0. The molecular weight excluding hydrogens is 260 g/mol. The fourth-order valence-corrected chi connectivity index (χ4v) is 2.57. The number of carbonyl (C=O) groups is 2. The summed E-state index contributed by atoms with van der Waals surface area (Å²) in [7, 11) is 0. The molecule has 0 aromatic carbocycles. The van der Waals surface area contributed by atoms with Gasteiger partial charge in [0.2, 0.25) is 0 Å². The standard InChI is InChI=1S/C14H20N2O4/c17-13(18)11-4-2-1-3-5-12(11)16-14(19)15-8-10-6-7-20-9-10/h6-7,9,11-12H,1-5,8H2,(H,17,18)(H2,15,16,19). The van der Waals surface area contributed by atoms with Crippen LogP contribution < -0.4 is 10.6 Å². The summed E-state index contributed by atoms with van der Waals surface area (Å²) < 4.78 is 4.91. The zero-order valence-electron chi connectivity index (χ0n) is 11.3. The van der Waals surface area contributed by atoms with E-state index in [1.54, 1.807) is 18.6 Å². The molecule has 1 heterocycles. The average Bonchev–Trinajstić information content (AvgIpc) is 2.82. The van der Waals surface area contributed by atoms with Crippen LogP contribution in [-0.4, -0.2) is 23.1 Å². The van der Waals surface area contributed by atoms with Crippen molar-refractivity contribution in [1.29, 1.82) is 0 Å². The maximum atomic E-state index is 11.8. The second-order valence-corrected chi connectivity index (χ2v) is 5.15. The van der Waals surface area contributed by atoms with Gasteiger partial charge in [-0.25, -0.2) is 4.79 Å². The summed E-state index contributed by atoms with van der Waals surface area (Å²) in [5.41, 5.74) is 0.871. The first-order valence-corrected chi connectivity index (χ1v) is 6.95. The second-order valence-electron chi connectivity index (χ2n) is 5.15. The predicted molar refractivity (Wildman–Crippen MR) is 72.1 cm³/mol. The molecule has 0 spiro atoms. The molecule has 2 unspecified atom stereocenters. The maximum Gasteiger partial charge on any atom is 0.315 e. The highest BCUT2D eigenvalue weighted by molar-refractivity contribution is 5.76. The lowest BCUT2D eigenvalue weighted by molar-refractivity contribution is -0.142. The number of nitrogens with one attached hydrogen (secondary N) is 2. The normalized spacial score (nSPS) is 22.8. The number of hydrogen-bond acceptors (Lipinski definition) is 3. The van der Waals surface area contributed by atoms with Crippen LogP contribution in [0.4, 0.5) is 4.79 Å². The third kappa shape index (κ3) is 4.01. The molecule has 3 N–H and O–H groups in total. The van der Waals surface area contributed by atoms with Crippen LogP contribution in [0.3, 0.4) is 0 Å². The predicted octanol–water partition coefficient (Wildman–Crippen LogP) is 2.11. The van der Waals surface area contributed by atoms with Crippen molar-refractivity contribution >= 4 is 12.0 Å². The maximum absolute atomic E-state index is 11.8. The van der Waals surface area contributed by atoms with E-state index in [0.717, 1.165) is 31.2 Å². The third-order valence-electron chi connectivity index (χ3n) is 3.68. The van der Waals surface area contributed by atoms with Crippen LogP contribution in [0.1, 0.15) is 37.7 Å². The Bertz CT molecular complexity index is 444. The Hall–Kier alpha value is -1.98. The summed E-state index contributed by atoms with van der Waals surface area (Å²) in [5, 5.41) is 14.7. The van der Waals surface area contributed by atoms with Gasteiger partial charge in [0.15, 0.2) is 0 Å². The number of aliphatic carboxylic acids is 1. The number of urea groups is 1.